The number of furan rings is 1. The molecule has 24 heavy (non-hydrogen) atoms. The SMILES string of the molecule is CCCc1ccc(CN2CCCC3(CCC(=O)N(C4CC4)C3)C2)o1. The molecule has 1 atom stereocenters. The predicted molar refractivity (Wildman–Crippen MR) is 93.6 cm³/mol. The minimum Gasteiger partial charge on any atom is -0.465 e. The van der Waals surface area contributed by atoms with Crippen molar-refractivity contribution in [1.29, 1.82) is 0 Å². The number of carbonyl (C=O) groups is 1. The molecule has 3 heterocycles. The second-order valence-electron chi connectivity index (χ2n) is 8.19. The fourth-order valence-electron chi connectivity index (χ4n) is 4.65. The maximum atomic E-state index is 12.2. The molecule has 0 bridgehead atoms. The van der Waals surface area contributed by atoms with E-state index in [1.165, 1.54) is 25.7 Å². The van der Waals surface area contributed by atoms with E-state index >= 15 is 0 Å². The van der Waals surface area contributed by atoms with Gasteiger partial charge >= 0.3 is 0 Å². The van der Waals surface area contributed by atoms with Crippen molar-refractivity contribution in [1.82, 2.24) is 9.80 Å². The highest BCUT2D eigenvalue weighted by Gasteiger charge is 2.45. The standard InChI is InChI=1S/C20H30N2O2/c1-2-4-17-7-8-18(24-17)13-21-12-3-10-20(14-21)11-9-19(23)22(15-20)16-5-6-16/h7-8,16H,2-6,9-15H2,1H3. The van der Waals surface area contributed by atoms with Crippen LogP contribution in [0.4, 0.5) is 0 Å². The van der Waals surface area contributed by atoms with Crippen molar-refractivity contribution in [3.8, 4) is 0 Å². The first-order valence-corrected chi connectivity index (χ1v) is 9.77. The average molecular weight is 330 g/mol. The second kappa shape index (κ2) is 6.55. The highest BCUT2D eigenvalue weighted by molar-refractivity contribution is 5.78. The maximum Gasteiger partial charge on any atom is 0.222 e. The number of nitrogens with zero attached hydrogens (tertiary/aromatic N) is 2. The van der Waals surface area contributed by atoms with Crippen molar-refractivity contribution < 1.29 is 9.21 Å². The largest absolute Gasteiger partial charge is 0.465 e. The summed E-state index contributed by atoms with van der Waals surface area (Å²) in [6.07, 6.45) is 8.95. The Kier molecular flexibility index (Phi) is 4.42. The molecule has 1 aromatic heterocycles. The van der Waals surface area contributed by atoms with Crippen LogP contribution in [0.2, 0.25) is 0 Å². The lowest BCUT2D eigenvalue weighted by atomic mass is 9.73. The highest BCUT2D eigenvalue weighted by atomic mass is 16.3. The van der Waals surface area contributed by atoms with Crippen molar-refractivity contribution in [2.24, 2.45) is 5.41 Å². The van der Waals surface area contributed by atoms with E-state index in [2.05, 4.69) is 28.9 Å². The number of carbonyl (C=O) groups excluding carboxylic acids is 1. The number of hydrogen-bond acceptors (Lipinski definition) is 3. The number of likely N-dealkylation sites (tertiary alicyclic amines) is 2. The normalized spacial score (nSPS) is 28.7. The molecule has 1 saturated carbocycles. The molecule has 4 nitrogen and oxygen atoms in total. The predicted octanol–water partition coefficient (Wildman–Crippen LogP) is 3.60. The van der Waals surface area contributed by atoms with Crippen molar-refractivity contribution >= 4 is 5.91 Å². The summed E-state index contributed by atoms with van der Waals surface area (Å²) in [5.74, 6) is 2.61. The molecule has 0 aromatic carbocycles. The molecule has 4 heteroatoms. The number of piperidine rings is 2. The van der Waals surface area contributed by atoms with Crippen LogP contribution in [0, 0.1) is 5.41 Å². The van der Waals surface area contributed by atoms with Gasteiger partial charge in [-0.3, -0.25) is 9.69 Å². The van der Waals surface area contributed by atoms with E-state index in [0.717, 1.165) is 63.4 Å². The van der Waals surface area contributed by atoms with E-state index in [1.54, 1.807) is 0 Å². The smallest absolute Gasteiger partial charge is 0.222 e. The number of hydrogen-bond donors (Lipinski definition) is 0. The van der Waals surface area contributed by atoms with Crippen molar-refractivity contribution in [2.75, 3.05) is 19.6 Å². The lowest BCUT2D eigenvalue weighted by Gasteiger charge is -2.48. The van der Waals surface area contributed by atoms with Gasteiger partial charge in [0.15, 0.2) is 0 Å². The third-order valence-corrected chi connectivity index (χ3v) is 6.02. The van der Waals surface area contributed by atoms with Crippen LogP contribution in [-0.2, 0) is 17.8 Å². The van der Waals surface area contributed by atoms with Gasteiger partial charge in [0.05, 0.1) is 6.54 Å². The van der Waals surface area contributed by atoms with Gasteiger partial charge in [0.2, 0.25) is 5.91 Å². The van der Waals surface area contributed by atoms with Crippen LogP contribution < -0.4 is 0 Å². The van der Waals surface area contributed by atoms with Gasteiger partial charge in [0.25, 0.3) is 0 Å². The van der Waals surface area contributed by atoms with E-state index in [9.17, 15) is 4.79 Å². The first-order chi connectivity index (χ1) is 11.7. The summed E-state index contributed by atoms with van der Waals surface area (Å²) < 4.78 is 5.98. The Balaban J connectivity index is 1.40. The Labute approximate surface area is 145 Å². The molecule has 1 aromatic rings. The van der Waals surface area contributed by atoms with E-state index in [0.29, 0.717) is 17.4 Å². The van der Waals surface area contributed by atoms with Crippen LogP contribution >= 0.6 is 0 Å². The number of aryl methyl sites for hydroxylation is 1. The van der Waals surface area contributed by atoms with Gasteiger partial charge in [-0.1, -0.05) is 6.92 Å². The molecule has 1 amide bonds. The minimum atomic E-state index is 0.327. The Hall–Kier alpha value is -1.29. The minimum absolute atomic E-state index is 0.327. The van der Waals surface area contributed by atoms with E-state index in [1.807, 2.05) is 0 Å². The molecular formula is C20H30N2O2. The highest BCUT2D eigenvalue weighted by Crippen LogP contribution is 2.42. The first kappa shape index (κ1) is 16.2. The summed E-state index contributed by atoms with van der Waals surface area (Å²) in [6, 6.07) is 4.84. The molecule has 3 aliphatic rings. The second-order valence-corrected chi connectivity index (χ2v) is 8.19. The van der Waals surface area contributed by atoms with Crippen molar-refractivity contribution in [3.63, 3.8) is 0 Å². The lowest BCUT2D eigenvalue weighted by Crippen LogP contribution is -2.54. The van der Waals surface area contributed by atoms with Crippen LogP contribution in [0.5, 0.6) is 0 Å². The lowest BCUT2D eigenvalue weighted by molar-refractivity contribution is -0.140. The van der Waals surface area contributed by atoms with Gasteiger partial charge in [-0.2, -0.15) is 0 Å². The zero-order chi connectivity index (χ0) is 16.6. The summed E-state index contributed by atoms with van der Waals surface area (Å²) in [5, 5.41) is 0. The zero-order valence-electron chi connectivity index (χ0n) is 14.9. The van der Waals surface area contributed by atoms with Crippen LogP contribution in [0.25, 0.3) is 0 Å². The van der Waals surface area contributed by atoms with Crippen molar-refractivity contribution in [3.05, 3.63) is 23.7 Å². The first-order valence-electron chi connectivity index (χ1n) is 9.77. The summed E-state index contributed by atoms with van der Waals surface area (Å²) in [7, 11) is 0. The monoisotopic (exact) mass is 330 g/mol. The Bertz CT molecular complexity index is 592. The van der Waals surface area contributed by atoms with Gasteiger partial charge in [0, 0.05) is 37.4 Å². The topological polar surface area (TPSA) is 36.7 Å². The quantitative estimate of drug-likeness (QED) is 0.828. The average Bonchev–Trinajstić information content (AvgIpc) is 3.32. The van der Waals surface area contributed by atoms with Gasteiger partial charge in [-0.15, -0.1) is 0 Å². The summed E-state index contributed by atoms with van der Waals surface area (Å²) >= 11 is 0. The molecule has 1 aliphatic carbocycles. The van der Waals surface area contributed by atoms with Gasteiger partial charge in [-0.05, 0) is 57.2 Å². The summed E-state index contributed by atoms with van der Waals surface area (Å²) in [5.41, 5.74) is 0.327. The zero-order valence-corrected chi connectivity index (χ0v) is 14.9. The Morgan fingerprint density at radius 2 is 2.04 bits per heavy atom. The third-order valence-electron chi connectivity index (χ3n) is 6.02. The third kappa shape index (κ3) is 3.39. The molecule has 0 N–H and O–H groups in total. The van der Waals surface area contributed by atoms with E-state index in [4.69, 9.17) is 4.42 Å². The molecule has 2 saturated heterocycles. The molecule has 1 spiro atoms. The molecule has 2 aliphatic heterocycles. The fraction of sp³-hybridized carbons (Fsp3) is 0.750. The Morgan fingerprint density at radius 3 is 2.83 bits per heavy atom. The molecule has 1 unspecified atom stereocenters. The van der Waals surface area contributed by atoms with Crippen LogP contribution in [-0.4, -0.2) is 41.4 Å². The molecule has 4 rings (SSSR count). The molecule has 132 valence electrons. The van der Waals surface area contributed by atoms with E-state index < -0.39 is 0 Å². The van der Waals surface area contributed by atoms with Gasteiger partial charge in [-0.25, -0.2) is 0 Å². The van der Waals surface area contributed by atoms with Gasteiger partial charge in [0.1, 0.15) is 11.5 Å². The summed E-state index contributed by atoms with van der Waals surface area (Å²) in [6.45, 7) is 6.37. The van der Waals surface area contributed by atoms with E-state index in [-0.39, 0.29) is 0 Å². The maximum absolute atomic E-state index is 12.2. The molecule has 3 fully saturated rings. The number of rotatable bonds is 5. The summed E-state index contributed by atoms with van der Waals surface area (Å²) in [4.78, 5) is 17.0. The fourth-order valence-corrected chi connectivity index (χ4v) is 4.65. The Morgan fingerprint density at radius 1 is 1.21 bits per heavy atom. The molecule has 0 radical (unpaired) electrons. The van der Waals surface area contributed by atoms with Crippen LogP contribution in [0.1, 0.15) is 63.4 Å². The van der Waals surface area contributed by atoms with Gasteiger partial charge < -0.3 is 9.32 Å². The van der Waals surface area contributed by atoms with Crippen molar-refractivity contribution in [2.45, 2.75) is 70.9 Å². The van der Waals surface area contributed by atoms with Crippen LogP contribution in [0.3, 0.4) is 0 Å². The number of amides is 1. The van der Waals surface area contributed by atoms with Crippen LogP contribution in [0.15, 0.2) is 16.5 Å². The molecular weight excluding hydrogens is 300 g/mol.